The Morgan fingerprint density at radius 1 is 1.24 bits per heavy atom. The van der Waals surface area contributed by atoms with Crippen LogP contribution in [-0.4, -0.2) is 16.1 Å². The second-order valence-electron chi connectivity index (χ2n) is 3.90. The highest BCUT2D eigenvalue weighted by Crippen LogP contribution is 2.22. The molecule has 3 nitrogen and oxygen atoms in total. The van der Waals surface area contributed by atoms with Gasteiger partial charge in [-0.25, -0.2) is 9.97 Å². The van der Waals surface area contributed by atoms with E-state index in [0.717, 1.165) is 11.3 Å². The van der Waals surface area contributed by atoms with Gasteiger partial charge in [0.05, 0.1) is 6.10 Å². The number of benzene rings is 1. The average Bonchev–Trinajstić information content (AvgIpc) is 2.28. The standard InChI is InChI=1S/C13H13ClN2O/c1-9(2)17-11-5-3-4-10(8-11)13-15-7-6-12(14)16-13/h3-9H,1-2H3. The lowest BCUT2D eigenvalue weighted by Crippen LogP contribution is -2.05. The van der Waals surface area contributed by atoms with E-state index in [1.165, 1.54) is 0 Å². The summed E-state index contributed by atoms with van der Waals surface area (Å²) in [6.45, 7) is 3.98. The van der Waals surface area contributed by atoms with Crippen LogP contribution in [0.5, 0.6) is 5.75 Å². The van der Waals surface area contributed by atoms with E-state index in [1.54, 1.807) is 12.3 Å². The minimum atomic E-state index is 0.144. The van der Waals surface area contributed by atoms with Gasteiger partial charge in [-0.15, -0.1) is 0 Å². The highest BCUT2D eigenvalue weighted by molar-refractivity contribution is 6.29. The number of halogens is 1. The molecule has 0 amide bonds. The van der Waals surface area contributed by atoms with Crippen LogP contribution in [0.4, 0.5) is 0 Å². The second kappa shape index (κ2) is 5.15. The summed E-state index contributed by atoms with van der Waals surface area (Å²) < 4.78 is 5.62. The molecule has 2 aromatic rings. The van der Waals surface area contributed by atoms with Gasteiger partial charge in [-0.05, 0) is 32.0 Å². The smallest absolute Gasteiger partial charge is 0.160 e. The van der Waals surface area contributed by atoms with Crippen LogP contribution in [0.15, 0.2) is 36.5 Å². The van der Waals surface area contributed by atoms with Gasteiger partial charge in [-0.2, -0.15) is 0 Å². The molecule has 0 spiro atoms. The molecule has 1 aromatic heterocycles. The molecule has 1 heterocycles. The molecule has 0 radical (unpaired) electrons. The van der Waals surface area contributed by atoms with Crippen molar-refractivity contribution in [2.24, 2.45) is 0 Å². The third kappa shape index (κ3) is 3.17. The number of nitrogens with zero attached hydrogens (tertiary/aromatic N) is 2. The van der Waals surface area contributed by atoms with Crippen LogP contribution in [0.25, 0.3) is 11.4 Å². The summed E-state index contributed by atoms with van der Waals surface area (Å²) in [4.78, 5) is 8.34. The molecule has 0 saturated carbocycles. The Labute approximate surface area is 105 Å². The molecule has 0 aliphatic carbocycles. The zero-order valence-electron chi connectivity index (χ0n) is 9.72. The molecule has 0 N–H and O–H groups in total. The van der Waals surface area contributed by atoms with Gasteiger partial charge in [0.15, 0.2) is 5.82 Å². The van der Waals surface area contributed by atoms with Crippen LogP contribution in [0.3, 0.4) is 0 Å². The van der Waals surface area contributed by atoms with E-state index in [4.69, 9.17) is 16.3 Å². The fourth-order valence-electron chi connectivity index (χ4n) is 1.46. The molecule has 4 heteroatoms. The predicted molar refractivity (Wildman–Crippen MR) is 68.2 cm³/mol. The third-order valence-corrected chi connectivity index (χ3v) is 2.30. The Kier molecular flexibility index (Phi) is 3.59. The van der Waals surface area contributed by atoms with Crippen molar-refractivity contribution in [3.8, 4) is 17.1 Å². The summed E-state index contributed by atoms with van der Waals surface area (Å²) >= 11 is 5.84. The fourth-order valence-corrected chi connectivity index (χ4v) is 1.59. The summed E-state index contributed by atoms with van der Waals surface area (Å²) in [6.07, 6.45) is 1.78. The van der Waals surface area contributed by atoms with E-state index in [-0.39, 0.29) is 6.10 Å². The van der Waals surface area contributed by atoms with E-state index in [9.17, 15) is 0 Å². The third-order valence-electron chi connectivity index (χ3n) is 2.09. The maximum atomic E-state index is 5.84. The first-order chi connectivity index (χ1) is 8.15. The second-order valence-corrected chi connectivity index (χ2v) is 4.28. The molecule has 0 aliphatic rings. The lowest BCUT2D eigenvalue weighted by atomic mass is 10.2. The van der Waals surface area contributed by atoms with Crippen LogP contribution in [0, 0.1) is 0 Å². The van der Waals surface area contributed by atoms with E-state index in [1.807, 2.05) is 38.1 Å². The maximum Gasteiger partial charge on any atom is 0.160 e. The summed E-state index contributed by atoms with van der Waals surface area (Å²) in [5.41, 5.74) is 0.894. The zero-order chi connectivity index (χ0) is 12.3. The van der Waals surface area contributed by atoms with Crippen molar-refractivity contribution in [1.29, 1.82) is 0 Å². The highest BCUT2D eigenvalue weighted by Gasteiger charge is 2.04. The largest absolute Gasteiger partial charge is 0.491 e. The van der Waals surface area contributed by atoms with Crippen LogP contribution >= 0.6 is 11.6 Å². The van der Waals surface area contributed by atoms with Crippen molar-refractivity contribution in [2.45, 2.75) is 20.0 Å². The molecule has 0 saturated heterocycles. The first-order valence-corrected chi connectivity index (χ1v) is 5.78. The molecule has 2 rings (SSSR count). The number of rotatable bonds is 3. The normalized spacial score (nSPS) is 10.6. The van der Waals surface area contributed by atoms with Gasteiger partial charge < -0.3 is 4.74 Å². The van der Waals surface area contributed by atoms with Gasteiger partial charge in [0.2, 0.25) is 0 Å². The topological polar surface area (TPSA) is 35.0 Å². The number of hydrogen-bond acceptors (Lipinski definition) is 3. The zero-order valence-corrected chi connectivity index (χ0v) is 10.5. The lowest BCUT2D eigenvalue weighted by Gasteiger charge is -2.10. The molecule has 0 aliphatic heterocycles. The minimum absolute atomic E-state index is 0.144. The molecular formula is C13H13ClN2O. The molecule has 0 fully saturated rings. The van der Waals surface area contributed by atoms with Crippen LogP contribution in [0.2, 0.25) is 5.15 Å². The summed E-state index contributed by atoms with van der Waals surface area (Å²) in [5, 5.41) is 0.435. The van der Waals surface area contributed by atoms with Crippen molar-refractivity contribution >= 4 is 11.6 Å². The molecule has 1 aromatic carbocycles. The number of aromatic nitrogens is 2. The predicted octanol–water partition coefficient (Wildman–Crippen LogP) is 3.58. The quantitative estimate of drug-likeness (QED) is 0.779. The summed E-state index contributed by atoms with van der Waals surface area (Å²) in [5.74, 6) is 1.41. The van der Waals surface area contributed by atoms with E-state index < -0.39 is 0 Å². The highest BCUT2D eigenvalue weighted by atomic mass is 35.5. The Hall–Kier alpha value is -1.61. The van der Waals surface area contributed by atoms with Crippen molar-refractivity contribution < 1.29 is 4.74 Å². The van der Waals surface area contributed by atoms with Gasteiger partial charge in [-0.3, -0.25) is 0 Å². The van der Waals surface area contributed by atoms with Crippen LogP contribution < -0.4 is 4.74 Å². The van der Waals surface area contributed by atoms with Gasteiger partial charge >= 0.3 is 0 Å². The molecule has 88 valence electrons. The number of ether oxygens (including phenoxy) is 1. The maximum absolute atomic E-state index is 5.84. The Morgan fingerprint density at radius 3 is 2.76 bits per heavy atom. The van der Waals surface area contributed by atoms with E-state index in [2.05, 4.69) is 9.97 Å². The molecule has 17 heavy (non-hydrogen) atoms. The Morgan fingerprint density at radius 2 is 2.06 bits per heavy atom. The molecule has 0 unspecified atom stereocenters. The SMILES string of the molecule is CC(C)Oc1cccc(-c2nccc(Cl)n2)c1. The minimum Gasteiger partial charge on any atom is -0.491 e. The van der Waals surface area contributed by atoms with Gasteiger partial charge in [-0.1, -0.05) is 23.7 Å². The van der Waals surface area contributed by atoms with Crippen molar-refractivity contribution in [1.82, 2.24) is 9.97 Å². The molecular weight excluding hydrogens is 236 g/mol. The van der Waals surface area contributed by atoms with Crippen molar-refractivity contribution in [3.63, 3.8) is 0 Å². The molecule has 0 bridgehead atoms. The summed E-state index contributed by atoms with van der Waals surface area (Å²) in [7, 11) is 0. The fraction of sp³-hybridized carbons (Fsp3) is 0.231. The van der Waals surface area contributed by atoms with Crippen molar-refractivity contribution in [2.75, 3.05) is 0 Å². The van der Waals surface area contributed by atoms with Crippen molar-refractivity contribution in [3.05, 3.63) is 41.7 Å². The van der Waals surface area contributed by atoms with Crippen LogP contribution in [-0.2, 0) is 0 Å². The Balaban J connectivity index is 2.33. The van der Waals surface area contributed by atoms with Gasteiger partial charge in [0, 0.05) is 11.8 Å². The van der Waals surface area contributed by atoms with Crippen LogP contribution in [0.1, 0.15) is 13.8 Å². The lowest BCUT2D eigenvalue weighted by molar-refractivity contribution is 0.242. The average molecular weight is 249 g/mol. The van der Waals surface area contributed by atoms with Gasteiger partial charge in [0.1, 0.15) is 10.9 Å². The number of hydrogen-bond donors (Lipinski definition) is 0. The monoisotopic (exact) mass is 248 g/mol. The molecule has 0 atom stereocenters. The van der Waals surface area contributed by atoms with E-state index in [0.29, 0.717) is 11.0 Å². The summed E-state index contributed by atoms with van der Waals surface area (Å²) in [6, 6.07) is 9.31. The Bertz CT molecular complexity index is 514. The van der Waals surface area contributed by atoms with E-state index >= 15 is 0 Å². The van der Waals surface area contributed by atoms with Gasteiger partial charge in [0.25, 0.3) is 0 Å². The first-order valence-electron chi connectivity index (χ1n) is 5.41. The first kappa shape index (κ1) is 11.9.